The van der Waals surface area contributed by atoms with Crippen LogP contribution in [0.2, 0.25) is 0 Å². The fourth-order valence-electron chi connectivity index (χ4n) is 3.53. The first-order chi connectivity index (χ1) is 13.1. The molecule has 0 amide bonds. The molecule has 4 rings (SSSR count). The summed E-state index contributed by atoms with van der Waals surface area (Å²) >= 11 is 0. The molecule has 0 aliphatic carbocycles. The number of carbonyl (C=O) groups excluding carboxylic acids is 1. The molecule has 0 fully saturated rings. The van der Waals surface area contributed by atoms with Crippen molar-refractivity contribution in [1.29, 1.82) is 0 Å². The number of hydrogen-bond acceptors (Lipinski definition) is 3. The van der Waals surface area contributed by atoms with Gasteiger partial charge in [0.1, 0.15) is 0 Å². The third-order valence-corrected chi connectivity index (χ3v) is 5.07. The van der Waals surface area contributed by atoms with Crippen LogP contribution in [-0.2, 0) is 15.1 Å². The molecule has 0 spiro atoms. The molecule has 1 atom stereocenters. The van der Waals surface area contributed by atoms with Gasteiger partial charge in [-0.05, 0) is 34.7 Å². The molecule has 0 unspecified atom stereocenters. The minimum atomic E-state index is -1.01. The Morgan fingerprint density at radius 2 is 1.26 bits per heavy atom. The van der Waals surface area contributed by atoms with E-state index in [0.717, 1.165) is 22.3 Å². The van der Waals surface area contributed by atoms with Crippen LogP contribution < -0.4 is 0 Å². The van der Waals surface area contributed by atoms with E-state index in [1.807, 2.05) is 86.6 Å². The van der Waals surface area contributed by atoms with E-state index in [1.165, 1.54) is 0 Å². The van der Waals surface area contributed by atoms with Crippen molar-refractivity contribution in [3.8, 4) is 11.1 Å². The Bertz CT molecular complexity index is 976. The van der Waals surface area contributed by atoms with Crippen molar-refractivity contribution in [2.75, 3.05) is 0 Å². The SMILES string of the molecule is CC(C)[C@]1(c2ccc(-c3ccccc3)cc2)N=C(c2ccccc2)OC1=O. The Hall–Kier alpha value is -3.20. The second kappa shape index (κ2) is 6.84. The monoisotopic (exact) mass is 355 g/mol. The van der Waals surface area contributed by atoms with Gasteiger partial charge in [0.05, 0.1) is 0 Å². The Morgan fingerprint density at radius 3 is 1.81 bits per heavy atom. The maximum atomic E-state index is 12.9. The molecule has 1 heterocycles. The van der Waals surface area contributed by atoms with Crippen LogP contribution in [0.1, 0.15) is 25.0 Å². The van der Waals surface area contributed by atoms with E-state index < -0.39 is 5.54 Å². The van der Waals surface area contributed by atoms with Gasteiger partial charge in [0, 0.05) is 5.56 Å². The molecule has 1 aliphatic heterocycles. The molecule has 0 N–H and O–H groups in total. The molecule has 0 radical (unpaired) electrons. The van der Waals surface area contributed by atoms with Crippen molar-refractivity contribution >= 4 is 11.9 Å². The molecular formula is C24H21NO2. The van der Waals surface area contributed by atoms with E-state index in [9.17, 15) is 4.79 Å². The molecule has 3 nitrogen and oxygen atoms in total. The Kier molecular flexibility index (Phi) is 4.36. The molecule has 3 heteroatoms. The van der Waals surface area contributed by atoms with Crippen LogP contribution in [0.25, 0.3) is 11.1 Å². The summed E-state index contributed by atoms with van der Waals surface area (Å²) in [7, 11) is 0. The van der Waals surface area contributed by atoms with Crippen LogP contribution in [0.15, 0.2) is 89.9 Å². The summed E-state index contributed by atoms with van der Waals surface area (Å²) in [6.45, 7) is 4.01. The van der Waals surface area contributed by atoms with Crippen LogP contribution in [0, 0.1) is 5.92 Å². The second-order valence-electron chi connectivity index (χ2n) is 7.04. The van der Waals surface area contributed by atoms with Crippen LogP contribution in [0.5, 0.6) is 0 Å². The Balaban J connectivity index is 1.76. The summed E-state index contributed by atoms with van der Waals surface area (Å²) in [5.74, 6) is 0.0408. The molecule has 0 saturated heterocycles. The van der Waals surface area contributed by atoms with Gasteiger partial charge in [-0.15, -0.1) is 0 Å². The van der Waals surface area contributed by atoms with E-state index in [1.54, 1.807) is 0 Å². The van der Waals surface area contributed by atoms with Crippen molar-refractivity contribution in [3.63, 3.8) is 0 Å². The van der Waals surface area contributed by atoms with Gasteiger partial charge in [-0.3, -0.25) is 0 Å². The van der Waals surface area contributed by atoms with Gasteiger partial charge in [-0.25, -0.2) is 9.79 Å². The standard InChI is InChI=1S/C24H21NO2/c1-17(2)24(23(26)27-22(25-24)20-11-7-4-8-12-20)21-15-13-19(14-16-21)18-9-5-3-6-10-18/h3-17H,1-2H3/t24-/m1/s1. The maximum Gasteiger partial charge on any atom is 0.345 e. The fourth-order valence-corrected chi connectivity index (χ4v) is 3.53. The number of nitrogens with zero attached hydrogens (tertiary/aromatic N) is 1. The number of rotatable bonds is 4. The van der Waals surface area contributed by atoms with E-state index in [4.69, 9.17) is 9.73 Å². The van der Waals surface area contributed by atoms with Gasteiger partial charge < -0.3 is 4.74 Å². The normalized spacial score (nSPS) is 19.1. The molecule has 0 bridgehead atoms. The largest absolute Gasteiger partial charge is 0.405 e. The highest BCUT2D eigenvalue weighted by Crippen LogP contribution is 2.40. The molecule has 3 aromatic carbocycles. The third kappa shape index (κ3) is 2.95. The molecule has 1 aliphatic rings. The molecule has 0 aromatic heterocycles. The first-order valence-electron chi connectivity index (χ1n) is 9.15. The van der Waals surface area contributed by atoms with Gasteiger partial charge in [0.2, 0.25) is 5.90 Å². The third-order valence-electron chi connectivity index (χ3n) is 5.07. The molecule has 134 valence electrons. The zero-order valence-corrected chi connectivity index (χ0v) is 15.4. The zero-order valence-electron chi connectivity index (χ0n) is 15.4. The van der Waals surface area contributed by atoms with E-state index >= 15 is 0 Å². The van der Waals surface area contributed by atoms with Crippen LogP contribution in [0.4, 0.5) is 0 Å². The molecular weight excluding hydrogens is 334 g/mol. The lowest BCUT2D eigenvalue weighted by Crippen LogP contribution is -2.36. The van der Waals surface area contributed by atoms with Crippen molar-refractivity contribution in [3.05, 3.63) is 96.1 Å². The molecule has 27 heavy (non-hydrogen) atoms. The van der Waals surface area contributed by atoms with Gasteiger partial charge >= 0.3 is 5.97 Å². The first kappa shape index (κ1) is 17.2. The lowest BCUT2D eigenvalue weighted by atomic mass is 9.80. The predicted octanol–water partition coefficient (Wildman–Crippen LogP) is 5.21. The highest BCUT2D eigenvalue weighted by atomic mass is 16.6. The van der Waals surface area contributed by atoms with Crippen LogP contribution in [0.3, 0.4) is 0 Å². The predicted molar refractivity (Wildman–Crippen MR) is 107 cm³/mol. The number of cyclic esters (lactones) is 1. The fraction of sp³-hybridized carbons (Fsp3) is 0.167. The maximum absolute atomic E-state index is 12.9. The zero-order chi connectivity index (χ0) is 18.9. The van der Waals surface area contributed by atoms with E-state index in [0.29, 0.717) is 5.90 Å². The van der Waals surface area contributed by atoms with Gasteiger partial charge in [0.15, 0.2) is 5.54 Å². The quantitative estimate of drug-likeness (QED) is 0.603. The highest BCUT2D eigenvalue weighted by molar-refractivity contribution is 6.08. The van der Waals surface area contributed by atoms with Crippen molar-refractivity contribution in [2.45, 2.75) is 19.4 Å². The molecule has 3 aromatic rings. The topological polar surface area (TPSA) is 38.7 Å². The number of hydrogen-bond donors (Lipinski definition) is 0. The summed E-state index contributed by atoms with van der Waals surface area (Å²) in [5, 5.41) is 0. The Labute approximate surface area is 159 Å². The number of esters is 1. The lowest BCUT2D eigenvalue weighted by molar-refractivity contribution is -0.141. The average Bonchev–Trinajstić information content (AvgIpc) is 3.08. The van der Waals surface area contributed by atoms with Crippen LogP contribution >= 0.6 is 0 Å². The highest BCUT2D eigenvalue weighted by Gasteiger charge is 2.50. The average molecular weight is 355 g/mol. The first-order valence-corrected chi connectivity index (χ1v) is 9.15. The number of benzene rings is 3. The van der Waals surface area contributed by atoms with E-state index in [-0.39, 0.29) is 11.9 Å². The summed E-state index contributed by atoms with van der Waals surface area (Å²) in [6, 6.07) is 27.8. The number of ether oxygens (including phenoxy) is 1. The summed E-state index contributed by atoms with van der Waals surface area (Å²) < 4.78 is 5.61. The van der Waals surface area contributed by atoms with Gasteiger partial charge in [-0.2, -0.15) is 0 Å². The van der Waals surface area contributed by atoms with Crippen LogP contribution in [-0.4, -0.2) is 11.9 Å². The minimum absolute atomic E-state index is 0.0335. The number of carbonyl (C=O) groups is 1. The summed E-state index contributed by atoms with van der Waals surface area (Å²) in [4.78, 5) is 17.7. The lowest BCUT2D eigenvalue weighted by Gasteiger charge is -2.26. The van der Waals surface area contributed by atoms with Crippen molar-refractivity contribution in [2.24, 2.45) is 10.9 Å². The van der Waals surface area contributed by atoms with E-state index in [2.05, 4.69) is 12.1 Å². The smallest absolute Gasteiger partial charge is 0.345 e. The van der Waals surface area contributed by atoms with Gasteiger partial charge in [0.25, 0.3) is 0 Å². The van der Waals surface area contributed by atoms with Gasteiger partial charge in [-0.1, -0.05) is 86.6 Å². The summed E-state index contributed by atoms with van der Waals surface area (Å²) in [6.07, 6.45) is 0. The van der Waals surface area contributed by atoms with Crippen molar-refractivity contribution in [1.82, 2.24) is 0 Å². The Morgan fingerprint density at radius 1 is 0.741 bits per heavy atom. The number of aliphatic imine (C=N–C) groups is 1. The minimum Gasteiger partial charge on any atom is -0.405 e. The molecule has 0 saturated carbocycles. The second-order valence-corrected chi connectivity index (χ2v) is 7.04. The van der Waals surface area contributed by atoms with Crippen molar-refractivity contribution < 1.29 is 9.53 Å². The summed E-state index contributed by atoms with van der Waals surface area (Å²) in [5.41, 5.74) is 2.91.